The van der Waals surface area contributed by atoms with Crippen molar-refractivity contribution < 1.29 is 9.72 Å². The summed E-state index contributed by atoms with van der Waals surface area (Å²) in [7, 11) is 0. The number of carbonyl (C=O) groups is 1. The minimum Gasteiger partial charge on any atom is -0.298 e. The Hall–Kier alpha value is -2.20. The molecule has 90 valence electrons. The Kier molecular flexibility index (Phi) is 3.39. The summed E-state index contributed by atoms with van der Waals surface area (Å²) in [6.07, 6.45) is 0.698. The predicted octanol–water partition coefficient (Wildman–Crippen LogP) is 3.73. The number of nitrogens with zero attached hydrogens (tertiary/aromatic N) is 1. The predicted molar refractivity (Wildman–Crippen MR) is 68.9 cm³/mol. The van der Waals surface area contributed by atoms with Gasteiger partial charge in [0.15, 0.2) is 0 Å². The Bertz CT molecular complexity index is 625. The van der Waals surface area contributed by atoms with Crippen LogP contribution >= 0.6 is 11.6 Å². The first-order valence-corrected chi connectivity index (χ1v) is 5.49. The van der Waals surface area contributed by atoms with Gasteiger partial charge in [0.1, 0.15) is 6.29 Å². The molecule has 0 saturated carbocycles. The zero-order valence-corrected chi connectivity index (χ0v) is 9.92. The summed E-state index contributed by atoms with van der Waals surface area (Å²) < 4.78 is 0. The zero-order chi connectivity index (χ0) is 13.1. The van der Waals surface area contributed by atoms with E-state index in [2.05, 4.69) is 0 Å². The molecule has 0 aliphatic carbocycles. The lowest BCUT2D eigenvalue weighted by Crippen LogP contribution is -1.89. The molecule has 2 rings (SSSR count). The van der Waals surface area contributed by atoms with Crippen molar-refractivity contribution in [1.29, 1.82) is 0 Å². The van der Waals surface area contributed by atoms with Gasteiger partial charge in [0.2, 0.25) is 0 Å². The molecular formula is C13H8ClNO3. The number of aldehydes is 1. The molecule has 0 aromatic heterocycles. The highest BCUT2D eigenvalue weighted by molar-refractivity contribution is 6.33. The Morgan fingerprint density at radius 2 is 1.94 bits per heavy atom. The van der Waals surface area contributed by atoms with Gasteiger partial charge < -0.3 is 0 Å². The number of nitro benzene ring substituents is 1. The summed E-state index contributed by atoms with van der Waals surface area (Å²) in [6.45, 7) is 0. The van der Waals surface area contributed by atoms with E-state index in [1.54, 1.807) is 24.3 Å². The monoisotopic (exact) mass is 261 g/mol. The van der Waals surface area contributed by atoms with Crippen molar-refractivity contribution in [1.82, 2.24) is 0 Å². The fourth-order valence-corrected chi connectivity index (χ4v) is 1.92. The molecule has 0 heterocycles. The lowest BCUT2D eigenvalue weighted by atomic mass is 10.0. The average molecular weight is 262 g/mol. The number of benzene rings is 2. The molecular weight excluding hydrogens is 254 g/mol. The first kappa shape index (κ1) is 12.3. The van der Waals surface area contributed by atoms with Crippen LogP contribution in [0.5, 0.6) is 0 Å². The maximum absolute atomic E-state index is 10.7. The lowest BCUT2D eigenvalue weighted by Gasteiger charge is -2.05. The van der Waals surface area contributed by atoms with Crippen LogP contribution in [0.3, 0.4) is 0 Å². The van der Waals surface area contributed by atoms with E-state index in [1.165, 1.54) is 18.2 Å². The van der Waals surface area contributed by atoms with Gasteiger partial charge >= 0.3 is 0 Å². The Morgan fingerprint density at radius 3 is 2.56 bits per heavy atom. The topological polar surface area (TPSA) is 60.2 Å². The van der Waals surface area contributed by atoms with Crippen LogP contribution in [0.15, 0.2) is 42.5 Å². The maximum Gasteiger partial charge on any atom is 0.270 e. The van der Waals surface area contributed by atoms with Crippen LogP contribution in [-0.4, -0.2) is 11.2 Å². The van der Waals surface area contributed by atoms with E-state index in [-0.39, 0.29) is 5.69 Å². The average Bonchev–Trinajstić information content (AvgIpc) is 2.38. The molecule has 4 nitrogen and oxygen atoms in total. The summed E-state index contributed by atoms with van der Waals surface area (Å²) in [4.78, 5) is 20.8. The van der Waals surface area contributed by atoms with E-state index in [0.29, 0.717) is 28.0 Å². The quantitative estimate of drug-likeness (QED) is 0.480. The van der Waals surface area contributed by atoms with Crippen molar-refractivity contribution >= 4 is 23.6 Å². The fourth-order valence-electron chi connectivity index (χ4n) is 1.63. The van der Waals surface area contributed by atoms with Gasteiger partial charge in [-0.25, -0.2) is 0 Å². The van der Waals surface area contributed by atoms with Gasteiger partial charge in [-0.1, -0.05) is 35.9 Å². The number of carbonyl (C=O) groups excluding carboxylic acids is 1. The molecule has 18 heavy (non-hydrogen) atoms. The summed E-state index contributed by atoms with van der Waals surface area (Å²) in [5.41, 5.74) is 1.77. The maximum atomic E-state index is 10.7. The molecule has 0 fully saturated rings. The number of rotatable bonds is 3. The van der Waals surface area contributed by atoms with E-state index in [4.69, 9.17) is 11.6 Å². The van der Waals surface area contributed by atoms with Gasteiger partial charge in [0.25, 0.3) is 5.69 Å². The second-order valence-corrected chi connectivity index (χ2v) is 4.07. The highest BCUT2D eigenvalue weighted by Crippen LogP contribution is 2.30. The molecule has 2 aromatic carbocycles. The van der Waals surface area contributed by atoms with Crippen molar-refractivity contribution in [2.45, 2.75) is 0 Å². The smallest absolute Gasteiger partial charge is 0.270 e. The number of halogens is 1. The van der Waals surface area contributed by atoms with E-state index >= 15 is 0 Å². The Morgan fingerprint density at radius 1 is 1.17 bits per heavy atom. The summed E-state index contributed by atoms with van der Waals surface area (Å²) in [6, 6.07) is 11.0. The van der Waals surface area contributed by atoms with Crippen LogP contribution in [0.4, 0.5) is 5.69 Å². The van der Waals surface area contributed by atoms with Crippen LogP contribution in [0.2, 0.25) is 5.02 Å². The number of hydrogen-bond donors (Lipinski definition) is 0. The minimum absolute atomic E-state index is 0.00281. The molecule has 5 heteroatoms. The van der Waals surface area contributed by atoms with E-state index in [0.717, 1.165) is 0 Å². The molecule has 0 radical (unpaired) electrons. The van der Waals surface area contributed by atoms with Gasteiger partial charge in [-0.3, -0.25) is 14.9 Å². The van der Waals surface area contributed by atoms with Crippen LogP contribution in [-0.2, 0) is 0 Å². The largest absolute Gasteiger partial charge is 0.298 e. The minimum atomic E-state index is -0.461. The molecule has 0 aliphatic rings. The SMILES string of the molecule is O=Cc1ccc(-c2cccc([N+](=O)[O-])c2)c(Cl)c1. The van der Waals surface area contributed by atoms with E-state index in [9.17, 15) is 14.9 Å². The van der Waals surface area contributed by atoms with Crippen molar-refractivity contribution in [2.24, 2.45) is 0 Å². The van der Waals surface area contributed by atoms with Crippen molar-refractivity contribution in [2.75, 3.05) is 0 Å². The number of hydrogen-bond acceptors (Lipinski definition) is 3. The number of non-ortho nitro benzene ring substituents is 1. The normalized spacial score (nSPS) is 10.1. The summed E-state index contributed by atoms with van der Waals surface area (Å²) in [5.74, 6) is 0. The first-order valence-electron chi connectivity index (χ1n) is 5.11. The lowest BCUT2D eigenvalue weighted by molar-refractivity contribution is -0.384. The van der Waals surface area contributed by atoms with Crippen LogP contribution in [0, 0.1) is 10.1 Å². The second kappa shape index (κ2) is 4.98. The van der Waals surface area contributed by atoms with E-state index < -0.39 is 4.92 Å². The highest BCUT2D eigenvalue weighted by Gasteiger charge is 2.09. The third-order valence-electron chi connectivity index (χ3n) is 2.50. The molecule has 0 atom stereocenters. The molecule has 0 aliphatic heterocycles. The summed E-state index contributed by atoms with van der Waals surface area (Å²) in [5, 5.41) is 11.1. The fraction of sp³-hybridized carbons (Fsp3) is 0. The Labute approximate surface area is 108 Å². The Balaban J connectivity index is 2.51. The molecule has 0 N–H and O–H groups in total. The highest BCUT2D eigenvalue weighted by atomic mass is 35.5. The standard InChI is InChI=1S/C13H8ClNO3/c14-13-6-9(8-16)4-5-12(13)10-2-1-3-11(7-10)15(17)18/h1-8H. The first-order chi connectivity index (χ1) is 8.61. The van der Waals surface area contributed by atoms with Gasteiger partial charge in [0.05, 0.1) is 4.92 Å². The molecule has 0 saturated heterocycles. The number of nitro groups is 1. The van der Waals surface area contributed by atoms with Gasteiger partial charge in [-0.2, -0.15) is 0 Å². The van der Waals surface area contributed by atoms with Crippen LogP contribution in [0.1, 0.15) is 10.4 Å². The van der Waals surface area contributed by atoms with E-state index in [1.807, 2.05) is 0 Å². The summed E-state index contributed by atoms with van der Waals surface area (Å²) >= 11 is 6.05. The van der Waals surface area contributed by atoms with Gasteiger partial charge in [0, 0.05) is 28.3 Å². The van der Waals surface area contributed by atoms with Crippen LogP contribution in [0.25, 0.3) is 11.1 Å². The van der Waals surface area contributed by atoms with Crippen molar-refractivity contribution in [3.8, 4) is 11.1 Å². The molecule has 2 aromatic rings. The van der Waals surface area contributed by atoms with Crippen molar-refractivity contribution in [3.63, 3.8) is 0 Å². The molecule has 0 unspecified atom stereocenters. The molecule has 0 amide bonds. The zero-order valence-electron chi connectivity index (χ0n) is 9.17. The molecule has 0 bridgehead atoms. The second-order valence-electron chi connectivity index (χ2n) is 3.66. The van der Waals surface area contributed by atoms with Gasteiger partial charge in [-0.05, 0) is 11.6 Å². The third kappa shape index (κ3) is 2.38. The van der Waals surface area contributed by atoms with Crippen LogP contribution < -0.4 is 0 Å². The van der Waals surface area contributed by atoms with Crippen molar-refractivity contribution in [3.05, 3.63) is 63.2 Å². The van der Waals surface area contributed by atoms with Gasteiger partial charge in [-0.15, -0.1) is 0 Å². The third-order valence-corrected chi connectivity index (χ3v) is 2.81. The molecule has 0 spiro atoms.